The smallest absolute Gasteiger partial charge is 0.111 e. The Kier molecular flexibility index (Phi) is 5.50. The van der Waals surface area contributed by atoms with Crippen LogP contribution in [0.15, 0.2) is 77.4 Å². The lowest BCUT2D eigenvalue weighted by Gasteiger charge is -2.19. The largest absolute Gasteiger partial charge is 0.469 e. The molecule has 0 radical (unpaired) electrons. The van der Waals surface area contributed by atoms with Gasteiger partial charge in [-0.1, -0.05) is 60.2 Å². The van der Waals surface area contributed by atoms with E-state index in [9.17, 15) is 0 Å². The van der Waals surface area contributed by atoms with Gasteiger partial charge in [0.25, 0.3) is 0 Å². The lowest BCUT2D eigenvalue weighted by Crippen LogP contribution is -2.21. The molecule has 0 saturated carbocycles. The number of furan rings is 1. The van der Waals surface area contributed by atoms with Crippen LogP contribution < -0.4 is 5.32 Å². The number of benzene rings is 2. The summed E-state index contributed by atoms with van der Waals surface area (Å²) in [5.41, 5.74) is 3.92. The van der Waals surface area contributed by atoms with Gasteiger partial charge in [0.2, 0.25) is 0 Å². The topological polar surface area (TPSA) is 25.2 Å². The van der Waals surface area contributed by atoms with Crippen molar-refractivity contribution in [3.8, 4) is 0 Å². The van der Waals surface area contributed by atoms with Gasteiger partial charge in [0.15, 0.2) is 0 Å². The highest BCUT2D eigenvalue weighted by Crippen LogP contribution is 2.28. The summed E-state index contributed by atoms with van der Waals surface area (Å²) >= 11 is 0. The van der Waals surface area contributed by atoms with Gasteiger partial charge >= 0.3 is 0 Å². The quantitative estimate of drug-likeness (QED) is 0.625. The van der Waals surface area contributed by atoms with E-state index in [1.807, 2.05) is 6.07 Å². The second-order valence-electron chi connectivity index (χ2n) is 6.35. The first-order valence-corrected chi connectivity index (χ1v) is 8.62. The van der Waals surface area contributed by atoms with Crippen LogP contribution in [0.5, 0.6) is 0 Å². The third kappa shape index (κ3) is 4.15. The molecule has 0 unspecified atom stereocenters. The van der Waals surface area contributed by atoms with Crippen LogP contribution in [0.2, 0.25) is 0 Å². The van der Waals surface area contributed by atoms with Gasteiger partial charge in [-0.25, -0.2) is 0 Å². The maximum atomic E-state index is 5.69. The van der Waals surface area contributed by atoms with E-state index >= 15 is 0 Å². The van der Waals surface area contributed by atoms with Crippen LogP contribution in [0.25, 0.3) is 0 Å². The Bertz CT molecular complexity index is 716. The summed E-state index contributed by atoms with van der Waals surface area (Å²) in [7, 11) is 0. The van der Waals surface area contributed by atoms with E-state index in [2.05, 4.69) is 79.8 Å². The van der Waals surface area contributed by atoms with Crippen LogP contribution in [-0.4, -0.2) is 6.54 Å². The Morgan fingerprint density at radius 1 is 0.875 bits per heavy atom. The van der Waals surface area contributed by atoms with Crippen molar-refractivity contribution in [2.45, 2.75) is 32.2 Å². The molecule has 3 aromatic rings. The Morgan fingerprint density at radius 2 is 1.62 bits per heavy atom. The van der Waals surface area contributed by atoms with Gasteiger partial charge in [0, 0.05) is 12.0 Å². The van der Waals surface area contributed by atoms with Crippen molar-refractivity contribution in [2.75, 3.05) is 6.54 Å². The number of hydrogen-bond acceptors (Lipinski definition) is 2. The molecule has 1 heterocycles. The lowest BCUT2D eigenvalue weighted by molar-refractivity contribution is 0.457. The molecule has 3 rings (SSSR count). The minimum Gasteiger partial charge on any atom is -0.469 e. The van der Waals surface area contributed by atoms with E-state index in [4.69, 9.17) is 4.42 Å². The van der Waals surface area contributed by atoms with Crippen LogP contribution in [0.1, 0.15) is 47.8 Å². The summed E-state index contributed by atoms with van der Waals surface area (Å²) < 4.78 is 5.69. The van der Waals surface area contributed by atoms with E-state index in [1.165, 1.54) is 16.7 Å². The second-order valence-corrected chi connectivity index (χ2v) is 6.35. The standard InChI is InChI=1S/C22H25NO/c1-17-10-12-20(13-11-17)21(22-9-6-16-24-22)14-15-23-18(2)19-7-4-3-5-8-19/h3-13,16,18,21,23H,14-15H2,1-2H3/t18-,21+/m0/s1. The average molecular weight is 319 g/mol. The molecule has 0 spiro atoms. The fraction of sp³-hybridized carbons (Fsp3) is 0.273. The molecular formula is C22H25NO. The zero-order valence-corrected chi connectivity index (χ0v) is 14.4. The molecule has 2 aromatic carbocycles. The van der Waals surface area contributed by atoms with Gasteiger partial charge in [-0.2, -0.15) is 0 Å². The van der Waals surface area contributed by atoms with Crippen LogP contribution >= 0.6 is 0 Å². The van der Waals surface area contributed by atoms with E-state index in [0.29, 0.717) is 6.04 Å². The van der Waals surface area contributed by atoms with Crippen molar-refractivity contribution in [3.05, 3.63) is 95.4 Å². The average Bonchev–Trinajstić information content (AvgIpc) is 3.15. The molecule has 0 fully saturated rings. The Morgan fingerprint density at radius 3 is 2.29 bits per heavy atom. The van der Waals surface area contributed by atoms with Crippen LogP contribution in [0.3, 0.4) is 0 Å². The first kappa shape index (κ1) is 16.5. The SMILES string of the molecule is Cc1ccc([C@@H](CCN[C@@H](C)c2ccccc2)c2ccco2)cc1. The maximum Gasteiger partial charge on any atom is 0.111 e. The summed E-state index contributed by atoms with van der Waals surface area (Å²) in [6, 6.07) is 23.7. The first-order chi connectivity index (χ1) is 11.7. The van der Waals surface area contributed by atoms with E-state index < -0.39 is 0 Å². The predicted molar refractivity (Wildman–Crippen MR) is 99.2 cm³/mol. The highest BCUT2D eigenvalue weighted by atomic mass is 16.3. The highest BCUT2D eigenvalue weighted by molar-refractivity contribution is 5.30. The third-order valence-electron chi connectivity index (χ3n) is 4.55. The van der Waals surface area contributed by atoms with Crippen molar-refractivity contribution in [1.82, 2.24) is 5.32 Å². The summed E-state index contributed by atoms with van der Waals surface area (Å²) in [4.78, 5) is 0. The third-order valence-corrected chi connectivity index (χ3v) is 4.55. The number of nitrogens with one attached hydrogen (secondary N) is 1. The first-order valence-electron chi connectivity index (χ1n) is 8.62. The molecule has 24 heavy (non-hydrogen) atoms. The molecule has 0 bridgehead atoms. The molecule has 0 aliphatic heterocycles. The second kappa shape index (κ2) is 7.98. The van der Waals surface area contributed by atoms with Crippen molar-refractivity contribution in [2.24, 2.45) is 0 Å². The van der Waals surface area contributed by atoms with Crippen molar-refractivity contribution >= 4 is 0 Å². The van der Waals surface area contributed by atoms with Gasteiger partial charge in [0.05, 0.1) is 6.26 Å². The zero-order valence-electron chi connectivity index (χ0n) is 14.4. The lowest BCUT2D eigenvalue weighted by atomic mass is 9.92. The van der Waals surface area contributed by atoms with Crippen LogP contribution in [-0.2, 0) is 0 Å². The summed E-state index contributed by atoms with van der Waals surface area (Å²) in [6.45, 7) is 5.27. The van der Waals surface area contributed by atoms with Gasteiger partial charge in [-0.05, 0) is 50.1 Å². The molecule has 0 aliphatic carbocycles. The van der Waals surface area contributed by atoms with Gasteiger partial charge < -0.3 is 9.73 Å². The van der Waals surface area contributed by atoms with E-state index in [1.54, 1.807) is 6.26 Å². The highest BCUT2D eigenvalue weighted by Gasteiger charge is 2.17. The van der Waals surface area contributed by atoms with Gasteiger partial charge in [0.1, 0.15) is 5.76 Å². The molecule has 0 amide bonds. The molecule has 124 valence electrons. The predicted octanol–water partition coefficient (Wildman–Crippen LogP) is 5.46. The van der Waals surface area contributed by atoms with Crippen molar-refractivity contribution in [3.63, 3.8) is 0 Å². The fourth-order valence-electron chi connectivity index (χ4n) is 3.07. The summed E-state index contributed by atoms with van der Waals surface area (Å²) in [5, 5.41) is 3.63. The van der Waals surface area contributed by atoms with Crippen LogP contribution in [0, 0.1) is 6.92 Å². The molecule has 2 heteroatoms. The molecule has 0 saturated heterocycles. The maximum absolute atomic E-state index is 5.69. The van der Waals surface area contributed by atoms with Gasteiger partial charge in [-0.15, -0.1) is 0 Å². The molecule has 2 atom stereocenters. The fourth-order valence-corrected chi connectivity index (χ4v) is 3.07. The molecule has 2 nitrogen and oxygen atoms in total. The van der Waals surface area contributed by atoms with Crippen LogP contribution in [0.4, 0.5) is 0 Å². The van der Waals surface area contributed by atoms with E-state index in [0.717, 1.165) is 18.7 Å². The molecular weight excluding hydrogens is 294 g/mol. The minimum absolute atomic E-state index is 0.288. The Hall–Kier alpha value is -2.32. The normalized spacial score (nSPS) is 13.6. The Labute approximate surface area is 144 Å². The van der Waals surface area contributed by atoms with Crippen molar-refractivity contribution < 1.29 is 4.42 Å². The monoisotopic (exact) mass is 319 g/mol. The zero-order chi connectivity index (χ0) is 16.8. The summed E-state index contributed by atoms with van der Waals surface area (Å²) in [5.74, 6) is 1.32. The summed E-state index contributed by atoms with van der Waals surface area (Å²) in [6.07, 6.45) is 2.77. The molecule has 1 N–H and O–H groups in total. The van der Waals surface area contributed by atoms with Gasteiger partial charge in [-0.3, -0.25) is 0 Å². The number of rotatable bonds is 7. The molecule has 1 aromatic heterocycles. The number of aryl methyl sites for hydroxylation is 1. The van der Waals surface area contributed by atoms with E-state index in [-0.39, 0.29) is 5.92 Å². The molecule has 0 aliphatic rings. The van der Waals surface area contributed by atoms with Crippen molar-refractivity contribution in [1.29, 1.82) is 0 Å². The Balaban J connectivity index is 1.66. The number of hydrogen-bond donors (Lipinski definition) is 1. The minimum atomic E-state index is 0.288.